The first-order chi connectivity index (χ1) is 8.74. The molecule has 0 N–H and O–H groups in total. The smallest absolute Gasteiger partial charge is 0.0669 e. The van der Waals surface area contributed by atoms with Gasteiger partial charge in [0.05, 0.1) is 11.4 Å². The van der Waals surface area contributed by atoms with Gasteiger partial charge in [-0.2, -0.15) is 0 Å². The van der Waals surface area contributed by atoms with Crippen LogP contribution in [0.15, 0.2) is 72.3 Å². The molecule has 0 aromatic heterocycles. The second-order valence-electron chi connectivity index (χ2n) is 4.28. The largest absolute Gasteiger partial charge is 0.252 e. The Bertz CT molecular complexity index is 554. The summed E-state index contributed by atoms with van der Waals surface area (Å²) in [6, 6.07) is 8.44. The predicted octanol–water partition coefficient (Wildman–Crippen LogP) is 4.48. The Morgan fingerprint density at radius 2 is 1.94 bits per heavy atom. The van der Waals surface area contributed by atoms with Gasteiger partial charge in [-0.1, -0.05) is 67.3 Å². The molecular formula is C17H17N. The minimum atomic E-state index is 0.856. The first kappa shape index (κ1) is 12.3. The van der Waals surface area contributed by atoms with Gasteiger partial charge in [-0.25, -0.2) is 0 Å². The number of hydrogen-bond acceptors (Lipinski definition) is 1. The predicted molar refractivity (Wildman–Crippen MR) is 79.7 cm³/mol. The number of aliphatic imine (C=N–C) groups is 1. The minimum Gasteiger partial charge on any atom is -0.252 e. The molecule has 1 aliphatic heterocycles. The van der Waals surface area contributed by atoms with E-state index in [1.807, 2.05) is 12.2 Å². The molecule has 18 heavy (non-hydrogen) atoms. The van der Waals surface area contributed by atoms with Crippen molar-refractivity contribution in [3.8, 4) is 0 Å². The first-order valence-corrected chi connectivity index (χ1v) is 6.05. The lowest BCUT2D eigenvalue weighted by Gasteiger charge is -2.01. The van der Waals surface area contributed by atoms with E-state index in [9.17, 15) is 0 Å². The molecule has 0 amide bonds. The fraction of sp³-hybridized carbons (Fsp3) is 0.118. The number of hydrogen-bond donors (Lipinski definition) is 0. The van der Waals surface area contributed by atoms with Gasteiger partial charge in [0.1, 0.15) is 0 Å². The quantitative estimate of drug-likeness (QED) is 0.682. The van der Waals surface area contributed by atoms with Crippen molar-refractivity contribution in [3.05, 3.63) is 78.4 Å². The van der Waals surface area contributed by atoms with Crippen molar-refractivity contribution in [1.29, 1.82) is 0 Å². The van der Waals surface area contributed by atoms with Crippen LogP contribution in [0, 0.1) is 6.92 Å². The molecule has 1 aromatic rings. The summed E-state index contributed by atoms with van der Waals surface area (Å²) in [7, 11) is 0. The molecule has 1 heterocycles. The third-order valence-corrected chi connectivity index (χ3v) is 2.94. The number of aryl methyl sites for hydroxylation is 1. The zero-order valence-electron chi connectivity index (χ0n) is 10.7. The third kappa shape index (κ3) is 2.57. The number of allylic oxidation sites excluding steroid dienone is 5. The SMILES string of the molecule is C=C/C=C(\C=C)C1=NC(c2ccc(C)cc2)=CC1. The fourth-order valence-electron chi connectivity index (χ4n) is 1.93. The summed E-state index contributed by atoms with van der Waals surface area (Å²) in [5.41, 5.74) is 5.57. The van der Waals surface area contributed by atoms with Crippen LogP contribution < -0.4 is 0 Å². The molecule has 0 unspecified atom stereocenters. The number of benzene rings is 1. The van der Waals surface area contributed by atoms with E-state index < -0.39 is 0 Å². The molecule has 0 bridgehead atoms. The second-order valence-corrected chi connectivity index (χ2v) is 4.28. The van der Waals surface area contributed by atoms with Gasteiger partial charge in [0.25, 0.3) is 0 Å². The van der Waals surface area contributed by atoms with E-state index in [0.717, 1.165) is 29.0 Å². The molecule has 0 radical (unpaired) electrons. The van der Waals surface area contributed by atoms with E-state index in [-0.39, 0.29) is 0 Å². The van der Waals surface area contributed by atoms with Crippen molar-refractivity contribution in [2.75, 3.05) is 0 Å². The summed E-state index contributed by atoms with van der Waals surface area (Å²) >= 11 is 0. The van der Waals surface area contributed by atoms with Crippen LogP contribution >= 0.6 is 0 Å². The topological polar surface area (TPSA) is 12.4 Å². The summed E-state index contributed by atoms with van der Waals surface area (Å²) in [4.78, 5) is 4.67. The van der Waals surface area contributed by atoms with Gasteiger partial charge < -0.3 is 0 Å². The lowest BCUT2D eigenvalue weighted by molar-refractivity contribution is 1.43. The van der Waals surface area contributed by atoms with Crippen LogP contribution in [0.2, 0.25) is 0 Å². The zero-order valence-corrected chi connectivity index (χ0v) is 10.7. The van der Waals surface area contributed by atoms with Crippen LogP contribution in [0.25, 0.3) is 5.70 Å². The van der Waals surface area contributed by atoms with E-state index in [4.69, 9.17) is 0 Å². The Labute approximate surface area is 109 Å². The summed E-state index contributed by atoms with van der Waals surface area (Å²) in [6.45, 7) is 9.61. The molecule has 2 rings (SSSR count). The maximum atomic E-state index is 4.67. The van der Waals surface area contributed by atoms with Crippen LogP contribution in [-0.2, 0) is 0 Å². The van der Waals surface area contributed by atoms with Crippen LogP contribution in [0.5, 0.6) is 0 Å². The van der Waals surface area contributed by atoms with Gasteiger partial charge >= 0.3 is 0 Å². The highest BCUT2D eigenvalue weighted by molar-refractivity contribution is 6.08. The van der Waals surface area contributed by atoms with E-state index >= 15 is 0 Å². The van der Waals surface area contributed by atoms with Crippen LogP contribution in [0.3, 0.4) is 0 Å². The normalized spacial score (nSPS) is 15.1. The van der Waals surface area contributed by atoms with Crippen molar-refractivity contribution in [2.45, 2.75) is 13.3 Å². The molecule has 1 heteroatoms. The zero-order chi connectivity index (χ0) is 13.0. The first-order valence-electron chi connectivity index (χ1n) is 6.05. The van der Waals surface area contributed by atoms with Crippen LogP contribution in [-0.4, -0.2) is 5.71 Å². The van der Waals surface area contributed by atoms with Crippen molar-refractivity contribution >= 4 is 11.4 Å². The number of rotatable bonds is 4. The van der Waals surface area contributed by atoms with E-state index in [1.54, 1.807) is 6.08 Å². The molecule has 0 aliphatic carbocycles. The molecule has 1 aliphatic rings. The van der Waals surface area contributed by atoms with Crippen molar-refractivity contribution < 1.29 is 0 Å². The molecule has 0 spiro atoms. The average molecular weight is 235 g/mol. The molecule has 1 nitrogen and oxygen atoms in total. The van der Waals surface area contributed by atoms with E-state index in [1.165, 1.54) is 5.56 Å². The highest BCUT2D eigenvalue weighted by atomic mass is 14.8. The molecule has 1 aromatic carbocycles. The standard InChI is InChI=1S/C17H17N/c1-4-6-14(5-2)16-11-12-17(18-16)15-9-7-13(3)8-10-15/h4-10,12H,1-2,11H2,3H3/b14-6+. The molecule has 0 fully saturated rings. The van der Waals surface area contributed by atoms with Gasteiger partial charge in [-0.3, -0.25) is 4.99 Å². The Morgan fingerprint density at radius 3 is 2.56 bits per heavy atom. The molecule has 0 atom stereocenters. The highest BCUT2D eigenvalue weighted by Crippen LogP contribution is 2.25. The highest BCUT2D eigenvalue weighted by Gasteiger charge is 2.11. The van der Waals surface area contributed by atoms with Crippen molar-refractivity contribution in [1.82, 2.24) is 0 Å². The molecule has 0 saturated carbocycles. The van der Waals surface area contributed by atoms with Crippen molar-refractivity contribution in [3.63, 3.8) is 0 Å². The Balaban J connectivity index is 2.26. The molecule has 0 saturated heterocycles. The maximum Gasteiger partial charge on any atom is 0.0669 e. The molecule has 90 valence electrons. The summed E-state index contributed by atoms with van der Waals surface area (Å²) in [5.74, 6) is 0. The fourth-order valence-corrected chi connectivity index (χ4v) is 1.93. The Morgan fingerprint density at radius 1 is 1.22 bits per heavy atom. The Kier molecular flexibility index (Phi) is 3.73. The third-order valence-electron chi connectivity index (χ3n) is 2.94. The minimum absolute atomic E-state index is 0.856. The monoisotopic (exact) mass is 235 g/mol. The Hall–Kier alpha value is -2.15. The van der Waals surface area contributed by atoms with Crippen LogP contribution in [0.4, 0.5) is 0 Å². The average Bonchev–Trinajstić information content (AvgIpc) is 2.86. The molecular weight excluding hydrogens is 218 g/mol. The summed E-state index contributed by atoms with van der Waals surface area (Å²) in [6.07, 6.45) is 8.54. The van der Waals surface area contributed by atoms with Crippen molar-refractivity contribution in [2.24, 2.45) is 4.99 Å². The lowest BCUT2D eigenvalue weighted by Crippen LogP contribution is -1.95. The lowest BCUT2D eigenvalue weighted by atomic mass is 10.1. The van der Waals surface area contributed by atoms with E-state index in [2.05, 4.69) is 55.4 Å². The van der Waals surface area contributed by atoms with Gasteiger partial charge in [0.15, 0.2) is 0 Å². The van der Waals surface area contributed by atoms with Gasteiger partial charge in [0.2, 0.25) is 0 Å². The number of nitrogens with zero attached hydrogens (tertiary/aromatic N) is 1. The van der Waals surface area contributed by atoms with Gasteiger partial charge in [-0.05, 0) is 18.1 Å². The van der Waals surface area contributed by atoms with Gasteiger partial charge in [0, 0.05) is 6.42 Å². The van der Waals surface area contributed by atoms with E-state index in [0.29, 0.717) is 0 Å². The second kappa shape index (κ2) is 5.46. The summed E-state index contributed by atoms with van der Waals surface area (Å²) < 4.78 is 0. The maximum absolute atomic E-state index is 4.67. The van der Waals surface area contributed by atoms with Gasteiger partial charge in [-0.15, -0.1) is 0 Å². The summed E-state index contributed by atoms with van der Waals surface area (Å²) in [5, 5.41) is 0. The van der Waals surface area contributed by atoms with Crippen LogP contribution in [0.1, 0.15) is 17.5 Å².